The number of carbonyl (C=O) groups excluding carboxylic acids is 2. The van der Waals surface area contributed by atoms with Crippen LogP contribution >= 0.6 is 0 Å². The number of ether oxygens (including phenoxy) is 1. The Kier molecular flexibility index (Phi) is 3.96. The molecule has 0 saturated heterocycles. The second-order valence-corrected chi connectivity index (χ2v) is 6.62. The number of rotatable bonds is 3. The van der Waals surface area contributed by atoms with Gasteiger partial charge < -0.3 is 4.74 Å². The average Bonchev–Trinajstić information content (AvgIpc) is 2.57. The number of hydrogen-bond acceptors (Lipinski definition) is 4. The Bertz CT molecular complexity index is 863. The summed E-state index contributed by atoms with van der Waals surface area (Å²) in [6.07, 6.45) is 1.16. The van der Waals surface area contributed by atoms with Crippen molar-refractivity contribution >= 4 is 22.4 Å². The van der Waals surface area contributed by atoms with E-state index in [9.17, 15) is 13.8 Å². The van der Waals surface area contributed by atoms with Crippen LogP contribution < -0.4 is 4.74 Å². The molecule has 1 aliphatic rings. The van der Waals surface area contributed by atoms with E-state index in [1.165, 1.54) is 7.11 Å². The standard InChI is InChI=1S/C18H14O4S/c1-11-6-8-12(9-7-11)23(21)16-10-14(19)17-13(18(16)20)4-3-5-15(17)22-2/h3-10H,1-2H3. The molecule has 0 saturated carbocycles. The first kappa shape index (κ1) is 15.4. The Morgan fingerprint density at radius 2 is 1.70 bits per heavy atom. The normalized spacial score (nSPS) is 15.0. The van der Waals surface area contributed by atoms with Crippen molar-refractivity contribution < 1.29 is 18.5 Å². The van der Waals surface area contributed by atoms with Crippen LogP contribution in [0.2, 0.25) is 0 Å². The lowest BCUT2D eigenvalue weighted by Crippen LogP contribution is -2.20. The first-order valence-corrected chi connectivity index (χ1v) is 8.14. The molecule has 1 aliphatic carbocycles. The van der Waals surface area contributed by atoms with Crippen LogP contribution in [0.1, 0.15) is 26.3 Å². The van der Waals surface area contributed by atoms with Gasteiger partial charge >= 0.3 is 0 Å². The van der Waals surface area contributed by atoms with Crippen LogP contribution in [0.3, 0.4) is 0 Å². The third-order valence-electron chi connectivity index (χ3n) is 3.66. The van der Waals surface area contributed by atoms with Crippen LogP contribution in [0.15, 0.2) is 58.3 Å². The minimum Gasteiger partial charge on any atom is -0.496 e. The Balaban J connectivity index is 2.06. The van der Waals surface area contributed by atoms with E-state index in [1.807, 2.05) is 19.1 Å². The van der Waals surface area contributed by atoms with E-state index >= 15 is 0 Å². The molecule has 2 aromatic rings. The van der Waals surface area contributed by atoms with Gasteiger partial charge in [0.2, 0.25) is 5.78 Å². The van der Waals surface area contributed by atoms with Crippen molar-refractivity contribution in [3.8, 4) is 5.75 Å². The largest absolute Gasteiger partial charge is 0.496 e. The fourth-order valence-corrected chi connectivity index (χ4v) is 3.59. The topological polar surface area (TPSA) is 60.4 Å². The van der Waals surface area contributed by atoms with Crippen molar-refractivity contribution in [1.29, 1.82) is 0 Å². The van der Waals surface area contributed by atoms with Gasteiger partial charge in [-0.2, -0.15) is 0 Å². The van der Waals surface area contributed by atoms with Gasteiger partial charge in [-0.3, -0.25) is 9.59 Å². The molecule has 0 aliphatic heterocycles. The SMILES string of the molecule is COc1cccc2c1C(=O)C=C(S(=O)c1ccc(C)cc1)C2=O. The number of hydrogen-bond donors (Lipinski definition) is 0. The molecule has 3 rings (SSSR count). The molecule has 0 spiro atoms. The van der Waals surface area contributed by atoms with Crippen molar-refractivity contribution in [2.24, 2.45) is 0 Å². The lowest BCUT2D eigenvalue weighted by atomic mass is 9.94. The summed E-state index contributed by atoms with van der Waals surface area (Å²) in [5.41, 5.74) is 1.48. The summed E-state index contributed by atoms with van der Waals surface area (Å²) in [6.45, 7) is 1.92. The van der Waals surface area contributed by atoms with Gasteiger partial charge in [0.25, 0.3) is 0 Å². The first-order valence-electron chi connectivity index (χ1n) is 6.99. The lowest BCUT2D eigenvalue weighted by Gasteiger charge is -2.17. The van der Waals surface area contributed by atoms with Crippen LogP contribution in [-0.2, 0) is 10.8 Å². The third kappa shape index (κ3) is 2.64. The highest BCUT2D eigenvalue weighted by atomic mass is 32.2. The number of benzene rings is 2. The molecule has 0 radical (unpaired) electrons. The number of fused-ring (bicyclic) bond motifs is 1. The van der Waals surface area contributed by atoms with Gasteiger partial charge in [-0.1, -0.05) is 23.8 Å². The number of Topliss-reactive ketones (excluding diaryl/α,β-unsaturated/α-hetero) is 1. The summed E-state index contributed by atoms with van der Waals surface area (Å²) < 4.78 is 17.8. The van der Waals surface area contributed by atoms with Crippen molar-refractivity contribution in [1.82, 2.24) is 0 Å². The number of methoxy groups -OCH3 is 1. The fourth-order valence-electron chi connectivity index (χ4n) is 2.46. The molecular weight excluding hydrogens is 312 g/mol. The lowest BCUT2D eigenvalue weighted by molar-refractivity contribution is 0.0988. The fraction of sp³-hybridized carbons (Fsp3) is 0.111. The number of ketones is 2. The van der Waals surface area contributed by atoms with Gasteiger partial charge in [-0.05, 0) is 31.2 Å². The monoisotopic (exact) mass is 326 g/mol. The maximum absolute atomic E-state index is 12.7. The van der Waals surface area contributed by atoms with E-state index in [-0.39, 0.29) is 21.8 Å². The molecule has 0 heterocycles. The molecule has 116 valence electrons. The van der Waals surface area contributed by atoms with Crippen molar-refractivity contribution in [2.45, 2.75) is 11.8 Å². The van der Waals surface area contributed by atoms with E-state index < -0.39 is 16.6 Å². The summed E-state index contributed by atoms with van der Waals surface area (Å²) in [5, 5.41) is 0. The summed E-state index contributed by atoms with van der Waals surface area (Å²) >= 11 is 0. The Morgan fingerprint density at radius 3 is 2.35 bits per heavy atom. The third-order valence-corrected chi connectivity index (χ3v) is 5.06. The average molecular weight is 326 g/mol. The Hall–Kier alpha value is -2.53. The molecule has 0 bridgehead atoms. The van der Waals surface area contributed by atoms with Gasteiger partial charge in [0.05, 0.1) is 28.4 Å². The number of allylic oxidation sites excluding steroid dienone is 2. The summed E-state index contributed by atoms with van der Waals surface area (Å²) in [7, 11) is -0.253. The zero-order valence-electron chi connectivity index (χ0n) is 12.7. The van der Waals surface area contributed by atoms with Gasteiger partial charge in [0.1, 0.15) is 5.75 Å². The van der Waals surface area contributed by atoms with Crippen molar-refractivity contribution in [2.75, 3.05) is 7.11 Å². The quantitative estimate of drug-likeness (QED) is 0.870. The van der Waals surface area contributed by atoms with Crippen LogP contribution in [0.5, 0.6) is 5.75 Å². The molecule has 1 unspecified atom stereocenters. The second kappa shape index (κ2) is 5.93. The van der Waals surface area contributed by atoms with Gasteiger partial charge in [-0.15, -0.1) is 0 Å². The molecule has 5 heteroatoms. The van der Waals surface area contributed by atoms with Crippen LogP contribution in [0.25, 0.3) is 0 Å². The highest BCUT2D eigenvalue weighted by Crippen LogP contribution is 2.31. The van der Waals surface area contributed by atoms with Crippen LogP contribution in [0.4, 0.5) is 0 Å². The summed E-state index contributed by atoms with van der Waals surface area (Å²) in [5.74, 6) is -0.429. The Morgan fingerprint density at radius 1 is 1.00 bits per heavy atom. The number of aryl methyl sites for hydroxylation is 1. The van der Waals surface area contributed by atoms with E-state index in [0.717, 1.165) is 11.6 Å². The van der Waals surface area contributed by atoms with E-state index in [4.69, 9.17) is 4.74 Å². The van der Waals surface area contributed by atoms with Gasteiger partial charge in [-0.25, -0.2) is 4.21 Å². The smallest absolute Gasteiger partial charge is 0.203 e. The molecular formula is C18H14O4S. The predicted molar refractivity (Wildman–Crippen MR) is 87.3 cm³/mol. The highest BCUT2D eigenvalue weighted by Gasteiger charge is 2.31. The molecule has 0 N–H and O–H groups in total. The van der Waals surface area contributed by atoms with Gasteiger partial charge in [0.15, 0.2) is 5.78 Å². The zero-order chi connectivity index (χ0) is 16.6. The minimum absolute atomic E-state index is 0.000365. The summed E-state index contributed by atoms with van der Waals surface area (Å²) in [4.78, 5) is 25.5. The second-order valence-electron chi connectivity index (χ2n) is 5.17. The summed E-state index contributed by atoms with van der Waals surface area (Å²) in [6, 6.07) is 11.9. The molecule has 0 aromatic heterocycles. The van der Waals surface area contributed by atoms with Crippen LogP contribution in [0, 0.1) is 6.92 Å². The highest BCUT2D eigenvalue weighted by molar-refractivity contribution is 7.90. The molecule has 23 heavy (non-hydrogen) atoms. The van der Waals surface area contributed by atoms with E-state index in [0.29, 0.717) is 10.6 Å². The van der Waals surface area contributed by atoms with Gasteiger partial charge in [0, 0.05) is 16.5 Å². The van der Waals surface area contributed by atoms with E-state index in [2.05, 4.69) is 0 Å². The molecule has 0 amide bonds. The molecule has 4 nitrogen and oxygen atoms in total. The molecule has 0 fully saturated rings. The van der Waals surface area contributed by atoms with Crippen LogP contribution in [-0.4, -0.2) is 22.9 Å². The maximum atomic E-state index is 12.7. The van der Waals surface area contributed by atoms with Crippen molar-refractivity contribution in [3.63, 3.8) is 0 Å². The maximum Gasteiger partial charge on any atom is 0.203 e. The van der Waals surface area contributed by atoms with E-state index in [1.54, 1.807) is 30.3 Å². The molecule has 2 aromatic carbocycles. The minimum atomic E-state index is -1.69. The zero-order valence-corrected chi connectivity index (χ0v) is 13.5. The molecule has 1 atom stereocenters. The van der Waals surface area contributed by atoms with Crippen molar-refractivity contribution in [3.05, 3.63) is 70.1 Å². The predicted octanol–water partition coefficient (Wildman–Crippen LogP) is 3.07. The first-order chi connectivity index (χ1) is 11.0. The Labute approximate surface area is 136 Å². The number of carbonyl (C=O) groups is 2.